The van der Waals surface area contributed by atoms with Gasteiger partial charge in [-0.25, -0.2) is 4.79 Å². The van der Waals surface area contributed by atoms with Gasteiger partial charge in [-0.1, -0.05) is 35.3 Å². The number of carbonyl (C=O) groups excluding carboxylic acids is 1. The second-order valence-corrected chi connectivity index (χ2v) is 8.88. The molecule has 3 rings (SSSR count). The molecule has 150 valence electrons. The van der Waals surface area contributed by atoms with Crippen LogP contribution in [0.15, 0.2) is 36.4 Å². The van der Waals surface area contributed by atoms with Crippen molar-refractivity contribution in [3.8, 4) is 5.75 Å². The highest BCUT2D eigenvalue weighted by Gasteiger charge is 2.37. The number of hydrogen-bond donors (Lipinski definition) is 0. The fourth-order valence-corrected chi connectivity index (χ4v) is 3.94. The number of carbonyl (C=O) groups is 1. The largest absolute Gasteiger partial charge is 0.497 e. The summed E-state index contributed by atoms with van der Waals surface area (Å²) in [5, 5.41) is 1.05. The molecule has 0 N–H and O–H groups in total. The Labute approximate surface area is 176 Å². The number of hydrogen-bond acceptors (Lipinski definition) is 3. The van der Waals surface area contributed by atoms with Crippen molar-refractivity contribution in [1.29, 1.82) is 0 Å². The van der Waals surface area contributed by atoms with Crippen LogP contribution in [-0.2, 0) is 4.74 Å². The first kappa shape index (κ1) is 20.8. The molecule has 4 nitrogen and oxygen atoms in total. The molecule has 0 bridgehead atoms. The molecule has 2 aromatic rings. The van der Waals surface area contributed by atoms with Gasteiger partial charge in [0.05, 0.1) is 23.2 Å². The molecule has 1 aliphatic carbocycles. The maximum Gasteiger partial charge on any atom is 0.410 e. The second-order valence-electron chi connectivity index (χ2n) is 8.06. The van der Waals surface area contributed by atoms with Gasteiger partial charge >= 0.3 is 6.09 Å². The van der Waals surface area contributed by atoms with Crippen molar-refractivity contribution < 1.29 is 14.3 Å². The van der Waals surface area contributed by atoms with E-state index in [1.165, 1.54) is 0 Å². The number of ether oxygens (including phenoxy) is 2. The summed E-state index contributed by atoms with van der Waals surface area (Å²) in [5.41, 5.74) is 2.73. The van der Waals surface area contributed by atoms with Crippen molar-refractivity contribution in [2.45, 2.75) is 44.8 Å². The van der Waals surface area contributed by atoms with Crippen LogP contribution in [-0.4, -0.2) is 30.8 Å². The van der Waals surface area contributed by atoms with E-state index in [2.05, 4.69) is 6.07 Å². The number of fused-ring (bicyclic) bond motifs is 1. The van der Waals surface area contributed by atoms with Crippen molar-refractivity contribution >= 4 is 29.3 Å². The van der Waals surface area contributed by atoms with E-state index < -0.39 is 5.60 Å². The van der Waals surface area contributed by atoms with E-state index in [0.717, 1.165) is 28.9 Å². The molecule has 2 atom stereocenters. The number of rotatable bonds is 3. The van der Waals surface area contributed by atoms with E-state index in [4.69, 9.17) is 32.7 Å². The van der Waals surface area contributed by atoms with Gasteiger partial charge in [0.2, 0.25) is 0 Å². The maximum atomic E-state index is 12.7. The predicted octanol–water partition coefficient (Wildman–Crippen LogP) is 6.45. The van der Waals surface area contributed by atoms with Gasteiger partial charge in [-0.15, -0.1) is 0 Å². The summed E-state index contributed by atoms with van der Waals surface area (Å²) in [6.45, 7) is 5.59. The van der Waals surface area contributed by atoms with Crippen molar-refractivity contribution in [2.75, 3.05) is 14.2 Å². The Morgan fingerprint density at radius 3 is 2.39 bits per heavy atom. The van der Waals surface area contributed by atoms with E-state index in [0.29, 0.717) is 10.0 Å². The molecular formula is C22H25Cl2NO3. The van der Waals surface area contributed by atoms with Crippen LogP contribution < -0.4 is 4.74 Å². The Balaban J connectivity index is 1.99. The summed E-state index contributed by atoms with van der Waals surface area (Å²) in [5.74, 6) is 0.863. The Bertz CT molecular complexity index is 892. The molecule has 0 radical (unpaired) electrons. The Morgan fingerprint density at radius 1 is 1.07 bits per heavy atom. The number of methoxy groups -OCH3 is 1. The number of amides is 1. The third-order valence-electron chi connectivity index (χ3n) is 4.98. The molecule has 0 unspecified atom stereocenters. The first-order chi connectivity index (χ1) is 13.1. The van der Waals surface area contributed by atoms with Gasteiger partial charge in [-0.2, -0.15) is 0 Å². The van der Waals surface area contributed by atoms with Gasteiger partial charge in [0.1, 0.15) is 11.4 Å². The van der Waals surface area contributed by atoms with Gasteiger partial charge in [-0.3, -0.25) is 0 Å². The van der Waals surface area contributed by atoms with Gasteiger partial charge < -0.3 is 14.4 Å². The lowest BCUT2D eigenvalue weighted by atomic mass is 9.93. The standard InChI is InChI=1S/C22H25Cl2NO3/c1-22(2,3)28-21(26)25(4)20-12-16(13-6-9-18(23)19(24)10-13)15-8-7-14(27-5)11-17(15)20/h6-11,16,20H,12H2,1-5H3/t16-,20+/m0/s1. The molecule has 0 spiro atoms. The zero-order chi connectivity index (χ0) is 20.6. The van der Waals surface area contributed by atoms with Crippen molar-refractivity contribution in [2.24, 2.45) is 0 Å². The average molecular weight is 422 g/mol. The molecule has 0 aromatic heterocycles. The molecule has 28 heavy (non-hydrogen) atoms. The quantitative estimate of drug-likeness (QED) is 0.571. The molecular weight excluding hydrogens is 397 g/mol. The van der Waals surface area contributed by atoms with Crippen LogP contribution in [0.2, 0.25) is 10.0 Å². The first-order valence-corrected chi connectivity index (χ1v) is 9.95. The lowest BCUT2D eigenvalue weighted by molar-refractivity contribution is 0.0218. The third kappa shape index (κ3) is 4.23. The average Bonchev–Trinajstić information content (AvgIpc) is 3.00. The Kier molecular flexibility index (Phi) is 5.83. The zero-order valence-electron chi connectivity index (χ0n) is 16.8. The van der Waals surface area contributed by atoms with Crippen LogP contribution in [0.4, 0.5) is 4.79 Å². The minimum Gasteiger partial charge on any atom is -0.497 e. The molecule has 0 saturated carbocycles. The van der Waals surface area contributed by atoms with E-state index in [-0.39, 0.29) is 18.1 Å². The lowest BCUT2D eigenvalue weighted by Gasteiger charge is -2.29. The van der Waals surface area contributed by atoms with Crippen LogP contribution in [0.25, 0.3) is 0 Å². The van der Waals surface area contributed by atoms with E-state index in [1.54, 1.807) is 19.1 Å². The number of benzene rings is 2. The zero-order valence-corrected chi connectivity index (χ0v) is 18.3. The van der Waals surface area contributed by atoms with E-state index >= 15 is 0 Å². The molecule has 0 aliphatic heterocycles. The van der Waals surface area contributed by atoms with E-state index in [1.807, 2.05) is 51.1 Å². The highest BCUT2D eigenvalue weighted by Crippen LogP contribution is 2.48. The van der Waals surface area contributed by atoms with Crippen LogP contribution in [0.5, 0.6) is 5.75 Å². The summed E-state index contributed by atoms with van der Waals surface area (Å²) in [7, 11) is 3.42. The number of nitrogens with zero attached hydrogens (tertiary/aromatic N) is 1. The summed E-state index contributed by atoms with van der Waals surface area (Å²) in [4.78, 5) is 14.4. The van der Waals surface area contributed by atoms with Crippen LogP contribution in [0, 0.1) is 0 Å². The first-order valence-electron chi connectivity index (χ1n) is 9.19. The van der Waals surface area contributed by atoms with Gasteiger partial charge in [0.25, 0.3) is 0 Å². The molecule has 0 fully saturated rings. The highest BCUT2D eigenvalue weighted by molar-refractivity contribution is 6.42. The summed E-state index contributed by atoms with van der Waals surface area (Å²) in [6.07, 6.45) is 0.386. The Morgan fingerprint density at radius 2 is 1.79 bits per heavy atom. The predicted molar refractivity (Wildman–Crippen MR) is 113 cm³/mol. The molecule has 6 heteroatoms. The van der Waals surface area contributed by atoms with Crippen LogP contribution >= 0.6 is 23.2 Å². The SMILES string of the molecule is COc1ccc2c(c1)[C@H](N(C)C(=O)OC(C)(C)C)C[C@H]2c1ccc(Cl)c(Cl)c1. The number of halogens is 2. The fourth-order valence-electron chi connectivity index (χ4n) is 3.64. The topological polar surface area (TPSA) is 38.8 Å². The van der Waals surface area contributed by atoms with Crippen molar-refractivity contribution in [3.05, 3.63) is 63.1 Å². The van der Waals surface area contributed by atoms with Crippen molar-refractivity contribution in [3.63, 3.8) is 0 Å². The summed E-state index contributed by atoms with van der Waals surface area (Å²) in [6, 6.07) is 11.6. The van der Waals surface area contributed by atoms with Gasteiger partial charge in [0, 0.05) is 13.0 Å². The van der Waals surface area contributed by atoms with Gasteiger partial charge in [0.15, 0.2) is 0 Å². The Hall–Kier alpha value is -1.91. The highest BCUT2D eigenvalue weighted by atomic mass is 35.5. The lowest BCUT2D eigenvalue weighted by Crippen LogP contribution is -2.36. The second kappa shape index (κ2) is 7.84. The minimum atomic E-state index is -0.551. The minimum absolute atomic E-state index is 0.102. The monoisotopic (exact) mass is 421 g/mol. The fraction of sp³-hybridized carbons (Fsp3) is 0.409. The summed E-state index contributed by atoms with van der Waals surface area (Å²) < 4.78 is 11.0. The molecule has 0 saturated heterocycles. The van der Waals surface area contributed by atoms with Crippen LogP contribution in [0.1, 0.15) is 55.8 Å². The molecule has 0 heterocycles. The molecule has 1 amide bonds. The molecule has 2 aromatic carbocycles. The van der Waals surface area contributed by atoms with E-state index in [9.17, 15) is 4.79 Å². The van der Waals surface area contributed by atoms with Crippen LogP contribution in [0.3, 0.4) is 0 Å². The normalized spacial score (nSPS) is 18.5. The smallest absolute Gasteiger partial charge is 0.410 e. The molecule has 1 aliphatic rings. The third-order valence-corrected chi connectivity index (χ3v) is 5.72. The summed E-state index contributed by atoms with van der Waals surface area (Å²) >= 11 is 12.3. The van der Waals surface area contributed by atoms with Crippen molar-refractivity contribution in [1.82, 2.24) is 4.90 Å². The maximum absolute atomic E-state index is 12.7. The van der Waals surface area contributed by atoms with Gasteiger partial charge in [-0.05, 0) is 68.1 Å².